The summed E-state index contributed by atoms with van der Waals surface area (Å²) in [6, 6.07) is 5.54. The molecule has 36 heavy (non-hydrogen) atoms. The molecule has 0 aromatic heterocycles. The summed E-state index contributed by atoms with van der Waals surface area (Å²) in [7, 11) is 0. The van der Waals surface area contributed by atoms with Gasteiger partial charge in [-0.1, -0.05) is 46.4 Å². The Labute approximate surface area is 225 Å². The molecule has 2 aromatic rings. The zero-order valence-electron chi connectivity index (χ0n) is 18.5. The quantitative estimate of drug-likeness (QED) is 0.326. The van der Waals surface area contributed by atoms with Crippen molar-refractivity contribution in [3.05, 3.63) is 56.0 Å². The van der Waals surface area contributed by atoms with Gasteiger partial charge in [0.25, 0.3) is 11.8 Å². The Morgan fingerprint density at radius 1 is 1.00 bits per heavy atom. The summed E-state index contributed by atoms with van der Waals surface area (Å²) in [6.45, 7) is 1.33. The van der Waals surface area contributed by atoms with Crippen LogP contribution in [0.1, 0.15) is 18.9 Å². The molecule has 0 spiro atoms. The van der Waals surface area contributed by atoms with Crippen LogP contribution in [0.4, 0.5) is 11.4 Å². The molecule has 0 bridgehead atoms. The lowest BCUT2D eigenvalue weighted by Crippen LogP contribution is -2.65. The molecule has 5 unspecified atom stereocenters. The predicted octanol–water partition coefficient (Wildman–Crippen LogP) is 2.57. The summed E-state index contributed by atoms with van der Waals surface area (Å²) in [5, 5.41) is 37.6. The van der Waals surface area contributed by atoms with Crippen molar-refractivity contribution < 1.29 is 29.7 Å². The molecule has 0 aliphatic carbocycles. The van der Waals surface area contributed by atoms with E-state index in [9.17, 15) is 29.7 Å². The fraction of sp³-hybridized carbons (Fsp3) is 0.348. The standard InChI is InChI=1S/C23H19Cl4N3O6/c1-21(15-5-12(26)6-16(27)18(15)28-9-31)23(36)20(34)30(13-3-10(24)2-11(25)4-13)19(33)22(23,35)17-7-14(32)8-29(17)21/h2-6,9,14,17,32,35-36H,7-8H2,1H3,(H,28,31). The van der Waals surface area contributed by atoms with Gasteiger partial charge in [-0.3, -0.25) is 19.3 Å². The lowest BCUT2D eigenvalue weighted by Gasteiger charge is -2.44. The number of halogens is 4. The maximum absolute atomic E-state index is 14.1. The second kappa shape index (κ2) is 8.28. The molecule has 2 aromatic carbocycles. The van der Waals surface area contributed by atoms with Gasteiger partial charge in [0.05, 0.1) is 34.1 Å². The van der Waals surface area contributed by atoms with Crippen LogP contribution in [0.5, 0.6) is 0 Å². The first-order chi connectivity index (χ1) is 16.8. The van der Waals surface area contributed by atoms with Crippen LogP contribution in [-0.2, 0) is 19.9 Å². The summed E-state index contributed by atoms with van der Waals surface area (Å²) in [4.78, 5) is 41.4. The fourth-order valence-corrected chi connectivity index (χ4v) is 7.10. The number of hydrogen-bond donors (Lipinski definition) is 4. The molecule has 3 aliphatic rings. The zero-order valence-corrected chi connectivity index (χ0v) is 21.5. The van der Waals surface area contributed by atoms with E-state index in [1.807, 2.05) is 0 Å². The predicted molar refractivity (Wildman–Crippen MR) is 133 cm³/mol. The molecule has 5 rings (SSSR count). The van der Waals surface area contributed by atoms with Gasteiger partial charge in [-0.15, -0.1) is 0 Å². The maximum Gasteiger partial charge on any atom is 0.271 e. The Balaban J connectivity index is 1.82. The molecule has 190 valence electrons. The molecule has 5 atom stereocenters. The summed E-state index contributed by atoms with van der Waals surface area (Å²) in [5.41, 5.74) is -7.37. The van der Waals surface area contributed by atoms with E-state index in [0.29, 0.717) is 11.3 Å². The van der Waals surface area contributed by atoms with E-state index in [2.05, 4.69) is 5.32 Å². The number of carbonyl (C=O) groups is 3. The average Bonchev–Trinajstić information content (AvgIpc) is 3.30. The van der Waals surface area contributed by atoms with Crippen molar-refractivity contribution in [2.24, 2.45) is 0 Å². The Morgan fingerprint density at radius 3 is 2.22 bits per heavy atom. The Bertz CT molecular complexity index is 1320. The SMILES string of the molecule is CC1(c2cc(Cl)cc(Cl)c2NC=O)N2CC(O)CC2C2(O)C(=O)N(c3cc(Cl)cc(Cl)c3)C(=O)C21O. The molecule has 3 aliphatic heterocycles. The van der Waals surface area contributed by atoms with Gasteiger partial charge in [0.15, 0.2) is 5.60 Å². The van der Waals surface area contributed by atoms with E-state index in [0.717, 1.165) is 0 Å². The molecular formula is C23H19Cl4N3O6. The first-order valence-electron chi connectivity index (χ1n) is 10.8. The lowest BCUT2D eigenvalue weighted by molar-refractivity contribution is -0.173. The highest BCUT2D eigenvalue weighted by Gasteiger charge is 2.86. The van der Waals surface area contributed by atoms with Gasteiger partial charge in [-0.05, 0) is 43.7 Å². The molecule has 3 heterocycles. The highest BCUT2D eigenvalue weighted by Crippen LogP contribution is 2.63. The number of nitrogens with zero attached hydrogens (tertiary/aromatic N) is 2. The number of nitrogens with one attached hydrogen (secondary N) is 1. The summed E-state index contributed by atoms with van der Waals surface area (Å²) in [6.07, 6.45) is -0.758. The minimum absolute atomic E-state index is 0.00332. The summed E-state index contributed by atoms with van der Waals surface area (Å²) in [5.74, 6) is -2.26. The number of hydrogen-bond acceptors (Lipinski definition) is 7. The van der Waals surface area contributed by atoms with Gasteiger partial charge in [-0.2, -0.15) is 0 Å². The summed E-state index contributed by atoms with van der Waals surface area (Å²) >= 11 is 24.8. The molecule has 3 saturated heterocycles. The Hall–Kier alpha value is -1.95. The average molecular weight is 575 g/mol. The third kappa shape index (κ3) is 3.03. The number of aliphatic hydroxyl groups excluding tert-OH is 1. The second-order valence-corrected chi connectivity index (χ2v) is 11.0. The van der Waals surface area contributed by atoms with Crippen LogP contribution in [0.2, 0.25) is 20.1 Å². The zero-order chi connectivity index (χ0) is 26.4. The minimum atomic E-state index is -2.80. The number of amides is 3. The molecule has 13 heteroatoms. The van der Waals surface area contributed by atoms with Crippen molar-refractivity contribution in [1.82, 2.24) is 4.90 Å². The molecular weight excluding hydrogens is 556 g/mol. The van der Waals surface area contributed by atoms with Gasteiger partial charge in [0, 0.05) is 27.2 Å². The first kappa shape index (κ1) is 25.7. The van der Waals surface area contributed by atoms with E-state index in [1.165, 1.54) is 42.2 Å². The molecule has 3 amide bonds. The van der Waals surface area contributed by atoms with Crippen LogP contribution >= 0.6 is 46.4 Å². The Kier molecular flexibility index (Phi) is 5.91. The Morgan fingerprint density at radius 2 is 1.61 bits per heavy atom. The van der Waals surface area contributed by atoms with Crippen LogP contribution < -0.4 is 10.2 Å². The minimum Gasteiger partial charge on any atom is -0.392 e. The van der Waals surface area contributed by atoms with Gasteiger partial charge in [0.1, 0.15) is 0 Å². The third-order valence-corrected chi connectivity index (χ3v) is 8.47. The molecule has 3 fully saturated rings. The number of carbonyl (C=O) groups excluding carboxylic acids is 3. The third-order valence-electron chi connectivity index (χ3n) is 7.52. The van der Waals surface area contributed by atoms with E-state index in [4.69, 9.17) is 46.4 Å². The first-order valence-corrected chi connectivity index (χ1v) is 12.3. The smallest absolute Gasteiger partial charge is 0.271 e. The molecule has 4 N–H and O–H groups in total. The normalized spacial score (nSPS) is 33.7. The van der Waals surface area contributed by atoms with Crippen LogP contribution in [0.3, 0.4) is 0 Å². The monoisotopic (exact) mass is 573 g/mol. The highest BCUT2D eigenvalue weighted by atomic mass is 35.5. The van der Waals surface area contributed by atoms with Gasteiger partial charge in [0.2, 0.25) is 12.0 Å². The van der Waals surface area contributed by atoms with Crippen LogP contribution in [0.15, 0.2) is 30.3 Å². The number of aliphatic hydroxyl groups is 3. The maximum atomic E-state index is 14.1. The number of anilines is 2. The van der Waals surface area contributed by atoms with Crippen molar-refractivity contribution in [1.29, 1.82) is 0 Å². The van der Waals surface area contributed by atoms with Gasteiger partial charge in [-0.25, -0.2) is 4.90 Å². The largest absolute Gasteiger partial charge is 0.392 e. The lowest BCUT2D eigenvalue weighted by atomic mass is 9.69. The van der Waals surface area contributed by atoms with E-state index in [-0.39, 0.29) is 50.0 Å². The number of benzene rings is 2. The van der Waals surface area contributed by atoms with Crippen molar-refractivity contribution in [2.45, 2.75) is 42.2 Å². The van der Waals surface area contributed by atoms with E-state index < -0.39 is 40.7 Å². The second-order valence-electron chi connectivity index (χ2n) is 9.25. The molecule has 0 saturated carbocycles. The molecule has 0 radical (unpaired) electrons. The van der Waals surface area contributed by atoms with Crippen molar-refractivity contribution in [2.75, 3.05) is 16.8 Å². The molecule has 9 nitrogen and oxygen atoms in total. The van der Waals surface area contributed by atoms with Crippen molar-refractivity contribution in [3.8, 4) is 0 Å². The van der Waals surface area contributed by atoms with Gasteiger partial charge < -0.3 is 20.6 Å². The van der Waals surface area contributed by atoms with Crippen LogP contribution in [0.25, 0.3) is 0 Å². The van der Waals surface area contributed by atoms with E-state index >= 15 is 0 Å². The van der Waals surface area contributed by atoms with Crippen molar-refractivity contribution in [3.63, 3.8) is 0 Å². The van der Waals surface area contributed by atoms with Gasteiger partial charge >= 0.3 is 0 Å². The fourth-order valence-electron chi connectivity index (χ4n) is 6.03. The topological polar surface area (TPSA) is 130 Å². The number of rotatable bonds is 4. The number of fused-ring (bicyclic) bond motifs is 3. The van der Waals surface area contributed by atoms with Crippen LogP contribution in [-0.4, -0.2) is 68.3 Å². The van der Waals surface area contributed by atoms with E-state index in [1.54, 1.807) is 0 Å². The number of imide groups is 1. The van der Waals surface area contributed by atoms with Crippen molar-refractivity contribution >= 4 is 76.0 Å². The summed E-state index contributed by atoms with van der Waals surface area (Å²) < 4.78 is 0. The highest BCUT2D eigenvalue weighted by molar-refractivity contribution is 6.38. The van der Waals surface area contributed by atoms with Crippen LogP contribution in [0, 0.1) is 0 Å².